The highest BCUT2D eigenvalue weighted by atomic mass is 16.5. The summed E-state index contributed by atoms with van der Waals surface area (Å²) in [6, 6.07) is -0.0247. The fourth-order valence-corrected chi connectivity index (χ4v) is 1.79. The monoisotopic (exact) mass is 229 g/mol. The normalized spacial score (nSPS) is 20.4. The lowest BCUT2D eigenvalue weighted by molar-refractivity contribution is -0.131. The Morgan fingerprint density at radius 1 is 1.56 bits per heavy atom. The Hall–Kier alpha value is -1.30. The molecule has 16 heavy (non-hydrogen) atoms. The summed E-state index contributed by atoms with van der Waals surface area (Å²) in [5.74, 6) is -0.0737. The molecule has 92 valence electrons. The Morgan fingerprint density at radius 2 is 2.31 bits per heavy atom. The summed E-state index contributed by atoms with van der Waals surface area (Å²) in [6.07, 6.45) is 1.32. The van der Waals surface area contributed by atoms with Crippen molar-refractivity contribution in [2.45, 2.75) is 25.8 Å². The van der Waals surface area contributed by atoms with Gasteiger partial charge in [0.1, 0.15) is 0 Å². The highest BCUT2D eigenvalue weighted by Gasteiger charge is 2.24. The van der Waals surface area contributed by atoms with Gasteiger partial charge in [-0.15, -0.1) is 0 Å². The van der Waals surface area contributed by atoms with Crippen molar-refractivity contribution in [3.63, 3.8) is 0 Å². The number of rotatable bonds is 3. The van der Waals surface area contributed by atoms with Crippen LogP contribution in [0.1, 0.15) is 19.8 Å². The van der Waals surface area contributed by atoms with Crippen LogP contribution in [0.25, 0.3) is 0 Å². The molecule has 1 rings (SSSR count). The van der Waals surface area contributed by atoms with E-state index in [1.807, 2.05) is 0 Å². The van der Waals surface area contributed by atoms with Crippen molar-refractivity contribution in [2.75, 3.05) is 26.2 Å². The smallest absolute Gasteiger partial charge is 0.407 e. The van der Waals surface area contributed by atoms with Gasteiger partial charge >= 0.3 is 6.09 Å². The Morgan fingerprint density at radius 3 is 2.94 bits per heavy atom. The second-order valence-corrected chi connectivity index (χ2v) is 3.75. The first-order chi connectivity index (χ1) is 7.67. The van der Waals surface area contributed by atoms with Gasteiger partial charge in [0.05, 0.1) is 13.2 Å². The molecule has 6 heteroatoms. The lowest BCUT2D eigenvalue weighted by Gasteiger charge is -2.32. The quantitative estimate of drug-likeness (QED) is 0.694. The van der Waals surface area contributed by atoms with Crippen LogP contribution in [0, 0.1) is 0 Å². The molecule has 2 amide bonds. The Bertz CT molecular complexity index is 258. The van der Waals surface area contributed by atoms with Crippen LogP contribution in [0.15, 0.2) is 0 Å². The molecule has 1 aliphatic heterocycles. The zero-order valence-corrected chi connectivity index (χ0v) is 9.57. The highest BCUT2D eigenvalue weighted by molar-refractivity contribution is 5.78. The average molecular weight is 229 g/mol. The van der Waals surface area contributed by atoms with E-state index in [1.165, 1.54) is 0 Å². The van der Waals surface area contributed by atoms with Crippen molar-refractivity contribution in [3.05, 3.63) is 0 Å². The molecule has 0 radical (unpaired) electrons. The van der Waals surface area contributed by atoms with Crippen molar-refractivity contribution in [3.8, 4) is 0 Å². The molecule has 1 fully saturated rings. The maximum atomic E-state index is 11.4. The van der Waals surface area contributed by atoms with Crippen LogP contribution in [0.4, 0.5) is 4.79 Å². The van der Waals surface area contributed by atoms with Gasteiger partial charge in [-0.3, -0.25) is 4.79 Å². The topological polar surface area (TPSA) is 84.7 Å². The first-order valence-electron chi connectivity index (χ1n) is 5.58. The molecule has 1 aliphatic rings. The number of ether oxygens (including phenoxy) is 1. The third kappa shape index (κ3) is 3.69. The van der Waals surface area contributed by atoms with Crippen molar-refractivity contribution in [2.24, 2.45) is 5.73 Å². The Labute approximate surface area is 95.1 Å². The number of likely N-dealkylation sites (tertiary alicyclic amines) is 1. The number of carbonyl (C=O) groups is 2. The number of amides is 2. The molecule has 1 saturated heterocycles. The van der Waals surface area contributed by atoms with Crippen LogP contribution in [0.2, 0.25) is 0 Å². The minimum absolute atomic E-state index is 0.0200. The molecule has 0 aromatic rings. The van der Waals surface area contributed by atoms with E-state index in [4.69, 9.17) is 10.5 Å². The summed E-state index contributed by atoms with van der Waals surface area (Å²) >= 11 is 0. The number of hydrogen-bond acceptors (Lipinski definition) is 4. The number of nitrogens with one attached hydrogen (secondary N) is 1. The van der Waals surface area contributed by atoms with Crippen LogP contribution in [-0.2, 0) is 9.53 Å². The van der Waals surface area contributed by atoms with Gasteiger partial charge in [-0.1, -0.05) is 0 Å². The fourth-order valence-electron chi connectivity index (χ4n) is 1.79. The lowest BCUT2D eigenvalue weighted by Crippen LogP contribution is -2.51. The predicted molar refractivity (Wildman–Crippen MR) is 58.8 cm³/mol. The minimum Gasteiger partial charge on any atom is -0.450 e. The molecule has 6 nitrogen and oxygen atoms in total. The molecule has 0 spiro atoms. The molecule has 0 bridgehead atoms. The summed E-state index contributed by atoms with van der Waals surface area (Å²) in [6.45, 7) is 3.37. The lowest BCUT2D eigenvalue weighted by atomic mass is 10.1. The molecule has 0 aliphatic carbocycles. The van der Waals surface area contributed by atoms with Crippen LogP contribution >= 0.6 is 0 Å². The van der Waals surface area contributed by atoms with Gasteiger partial charge in [-0.05, 0) is 19.8 Å². The first-order valence-corrected chi connectivity index (χ1v) is 5.58. The number of hydrogen-bond donors (Lipinski definition) is 2. The highest BCUT2D eigenvalue weighted by Crippen LogP contribution is 2.10. The molecule has 1 atom stereocenters. The van der Waals surface area contributed by atoms with Gasteiger partial charge in [0.2, 0.25) is 5.91 Å². The maximum Gasteiger partial charge on any atom is 0.407 e. The van der Waals surface area contributed by atoms with Gasteiger partial charge in [0, 0.05) is 19.1 Å². The number of alkyl carbamates (subject to hydrolysis) is 1. The standard InChI is InChI=1S/C10H19N3O3/c1-2-16-10(15)12-8-4-3-5-13(7-8)9(14)6-11/h8H,2-7,11H2,1H3,(H,12,15). The number of carbonyl (C=O) groups excluding carboxylic acids is 2. The van der Waals surface area contributed by atoms with Gasteiger partial charge < -0.3 is 20.7 Å². The molecule has 0 aromatic carbocycles. The number of nitrogens with two attached hydrogens (primary N) is 1. The van der Waals surface area contributed by atoms with E-state index in [9.17, 15) is 9.59 Å². The molecule has 0 aromatic heterocycles. The van der Waals surface area contributed by atoms with Crippen molar-refractivity contribution in [1.29, 1.82) is 0 Å². The molecule has 1 unspecified atom stereocenters. The van der Waals surface area contributed by atoms with E-state index in [2.05, 4.69) is 5.32 Å². The van der Waals surface area contributed by atoms with Crippen LogP contribution in [0.3, 0.4) is 0 Å². The third-order valence-corrected chi connectivity index (χ3v) is 2.55. The van der Waals surface area contributed by atoms with E-state index in [0.717, 1.165) is 19.4 Å². The summed E-state index contributed by atoms with van der Waals surface area (Å²) in [4.78, 5) is 24.3. The minimum atomic E-state index is -0.422. The Balaban J connectivity index is 2.38. The van der Waals surface area contributed by atoms with E-state index in [1.54, 1.807) is 11.8 Å². The van der Waals surface area contributed by atoms with E-state index >= 15 is 0 Å². The summed E-state index contributed by atoms with van der Waals surface area (Å²) < 4.78 is 4.79. The van der Waals surface area contributed by atoms with Gasteiger partial charge in [0.25, 0.3) is 0 Å². The largest absolute Gasteiger partial charge is 0.450 e. The second kappa shape index (κ2) is 6.32. The van der Waals surface area contributed by atoms with Crippen molar-refractivity contribution in [1.82, 2.24) is 10.2 Å². The summed E-state index contributed by atoms with van der Waals surface area (Å²) in [5.41, 5.74) is 5.29. The predicted octanol–water partition coefficient (Wildman–Crippen LogP) is -0.318. The number of piperidine rings is 1. The SMILES string of the molecule is CCOC(=O)NC1CCCN(C(=O)CN)C1. The zero-order valence-electron chi connectivity index (χ0n) is 9.57. The summed E-state index contributed by atoms with van der Waals surface area (Å²) in [7, 11) is 0. The van der Waals surface area contributed by atoms with Crippen LogP contribution in [0.5, 0.6) is 0 Å². The van der Waals surface area contributed by atoms with Crippen molar-refractivity contribution >= 4 is 12.0 Å². The molecule has 1 heterocycles. The fraction of sp³-hybridized carbons (Fsp3) is 0.800. The zero-order chi connectivity index (χ0) is 12.0. The van der Waals surface area contributed by atoms with Crippen LogP contribution in [-0.4, -0.2) is 49.2 Å². The molecule has 0 saturated carbocycles. The molecular formula is C10H19N3O3. The van der Waals surface area contributed by atoms with E-state index < -0.39 is 6.09 Å². The Kier molecular flexibility index (Phi) is 5.04. The van der Waals surface area contributed by atoms with E-state index in [-0.39, 0.29) is 18.5 Å². The third-order valence-electron chi connectivity index (χ3n) is 2.55. The number of nitrogens with zero attached hydrogens (tertiary/aromatic N) is 1. The summed E-state index contributed by atoms with van der Waals surface area (Å²) in [5, 5.41) is 2.73. The van der Waals surface area contributed by atoms with Crippen molar-refractivity contribution < 1.29 is 14.3 Å². The second-order valence-electron chi connectivity index (χ2n) is 3.75. The maximum absolute atomic E-state index is 11.4. The molecular weight excluding hydrogens is 210 g/mol. The van der Waals surface area contributed by atoms with Gasteiger partial charge in [0.15, 0.2) is 0 Å². The van der Waals surface area contributed by atoms with Gasteiger partial charge in [-0.25, -0.2) is 4.79 Å². The van der Waals surface area contributed by atoms with Crippen LogP contribution < -0.4 is 11.1 Å². The average Bonchev–Trinajstić information content (AvgIpc) is 2.28. The first kappa shape index (κ1) is 12.8. The van der Waals surface area contributed by atoms with Gasteiger partial charge in [-0.2, -0.15) is 0 Å². The van der Waals surface area contributed by atoms with E-state index in [0.29, 0.717) is 13.2 Å². The molecule has 3 N–H and O–H groups in total.